The summed E-state index contributed by atoms with van der Waals surface area (Å²) in [6.07, 6.45) is 3.61. The lowest BCUT2D eigenvalue weighted by molar-refractivity contribution is 1.28. The van der Waals surface area contributed by atoms with Gasteiger partial charge in [0.1, 0.15) is 0 Å². The van der Waals surface area contributed by atoms with E-state index in [9.17, 15) is 10.5 Å². The minimum atomic E-state index is 0.642. The van der Waals surface area contributed by atoms with Crippen LogP contribution in [-0.2, 0) is 0 Å². The van der Waals surface area contributed by atoms with Gasteiger partial charge in [-0.05, 0) is 106 Å². The molecule has 0 aliphatic heterocycles. The minimum Gasteiger partial charge on any atom is -0.311 e. The Bertz CT molecular complexity index is 1780. The fourth-order valence-electron chi connectivity index (χ4n) is 4.94. The molecule has 4 nitrogen and oxygen atoms in total. The van der Waals surface area contributed by atoms with E-state index in [1.807, 2.05) is 60.7 Å². The number of nitrogens with zero attached hydrogens (tertiary/aromatic N) is 4. The van der Waals surface area contributed by atoms with Crippen LogP contribution in [0.5, 0.6) is 0 Å². The molecule has 0 N–H and O–H groups in total. The Morgan fingerprint density at radius 1 is 0.415 bits per heavy atom. The third-order valence-electron chi connectivity index (χ3n) is 7.04. The van der Waals surface area contributed by atoms with E-state index in [1.54, 1.807) is 12.4 Å². The fraction of sp³-hybridized carbons (Fsp3) is 0. The van der Waals surface area contributed by atoms with Gasteiger partial charge in [0.2, 0.25) is 0 Å². The number of hydrogen-bond donors (Lipinski definition) is 0. The van der Waals surface area contributed by atoms with E-state index in [-0.39, 0.29) is 0 Å². The number of pyridine rings is 1. The zero-order valence-electron chi connectivity index (χ0n) is 22.1. The predicted octanol–water partition coefficient (Wildman–Crippen LogP) is 9.30. The standard InChI is InChI=1S/C37H24N4/c38-25-27-3-1-5-33(23-27)30-9-15-36(16-10-30)41(35-13-7-29(8-14-35)32-19-21-40-22-20-32)37-17-11-31(12-18-37)34-6-2-4-28(24-34)26-39/h1-24H. The third-order valence-corrected chi connectivity index (χ3v) is 7.04. The van der Waals surface area contributed by atoms with Gasteiger partial charge in [0.15, 0.2) is 0 Å². The smallest absolute Gasteiger partial charge is 0.0991 e. The topological polar surface area (TPSA) is 63.7 Å². The highest BCUT2D eigenvalue weighted by molar-refractivity contribution is 5.81. The van der Waals surface area contributed by atoms with Crippen molar-refractivity contribution >= 4 is 17.1 Å². The van der Waals surface area contributed by atoms with Crippen molar-refractivity contribution in [1.82, 2.24) is 4.98 Å². The Kier molecular flexibility index (Phi) is 7.05. The summed E-state index contributed by atoms with van der Waals surface area (Å²) in [6, 6.07) is 49.1. The van der Waals surface area contributed by atoms with Crippen LogP contribution < -0.4 is 4.90 Å². The van der Waals surface area contributed by atoms with Crippen LogP contribution in [-0.4, -0.2) is 4.98 Å². The molecule has 0 radical (unpaired) electrons. The Balaban J connectivity index is 1.38. The molecule has 0 fully saturated rings. The summed E-state index contributed by atoms with van der Waals surface area (Å²) >= 11 is 0. The molecule has 0 saturated heterocycles. The molecule has 0 spiro atoms. The minimum absolute atomic E-state index is 0.642. The van der Waals surface area contributed by atoms with Crippen LogP contribution in [0.1, 0.15) is 11.1 Å². The van der Waals surface area contributed by atoms with Gasteiger partial charge in [-0.25, -0.2) is 0 Å². The molecule has 41 heavy (non-hydrogen) atoms. The molecule has 6 rings (SSSR count). The van der Waals surface area contributed by atoms with E-state index in [1.165, 1.54) is 0 Å². The molecule has 0 aliphatic rings. The van der Waals surface area contributed by atoms with Gasteiger partial charge in [-0.3, -0.25) is 4.98 Å². The molecule has 4 heteroatoms. The van der Waals surface area contributed by atoms with E-state index in [0.717, 1.165) is 50.4 Å². The molecule has 0 bridgehead atoms. The van der Waals surface area contributed by atoms with E-state index < -0.39 is 0 Å². The van der Waals surface area contributed by atoms with Crippen molar-refractivity contribution < 1.29 is 0 Å². The first kappa shape index (κ1) is 25.3. The summed E-state index contributed by atoms with van der Waals surface area (Å²) in [7, 11) is 0. The summed E-state index contributed by atoms with van der Waals surface area (Å²) in [5.74, 6) is 0. The SMILES string of the molecule is N#Cc1cccc(-c2ccc(N(c3ccc(-c4ccncc4)cc3)c3ccc(-c4cccc(C#N)c4)cc3)cc2)c1. The normalized spacial score (nSPS) is 10.4. The number of anilines is 3. The Labute approximate surface area is 239 Å². The van der Waals surface area contributed by atoms with Gasteiger partial charge in [0.05, 0.1) is 23.3 Å². The number of hydrogen-bond acceptors (Lipinski definition) is 4. The largest absolute Gasteiger partial charge is 0.311 e. The highest BCUT2D eigenvalue weighted by atomic mass is 15.1. The van der Waals surface area contributed by atoms with Crippen LogP contribution in [0.3, 0.4) is 0 Å². The van der Waals surface area contributed by atoms with Crippen molar-refractivity contribution in [2.75, 3.05) is 4.90 Å². The van der Waals surface area contributed by atoms with Crippen molar-refractivity contribution in [3.05, 3.63) is 157 Å². The molecule has 0 unspecified atom stereocenters. The first-order valence-corrected chi connectivity index (χ1v) is 13.2. The number of nitriles is 2. The maximum atomic E-state index is 9.31. The fourth-order valence-corrected chi connectivity index (χ4v) is 4.94. The molecule has 192 valence electrons. The van der Waals surface area contributed by atoms with Gasteiger partial charge < -0.3 is 4.90 Å². The van der Waals surface area contributed by atoms with E-state index >= 15 is 0 Å². The van der Waals surface area contributed by atoms with Crippen LogP contribution in [0.25, 0.3) is 33.4 Å². The molecule has 1 heterocycles. The quantitative estimate of drug-likeness (QED) is 0.218. The van der Waals surface area contributed by atoms with Crippen LogP contribution in [0.4, 0.5) is 17.1 Å². The maximum Gasteiger partial charge on any atom is 0.0991 e. The molecule has 0 amide bonds. The van der Waals surface area contributed by atoms with E-state index in [4.69, 9.17) is 0 Å². The van der Waals surface area contributed by atoms with Gasteiger partial charge in [0.25, 0.3) is 0 Å². The first-order chi connectivity index (χ1) is 20.2. The Hall–Kier alpha value is -5.97. The summed E-state index contributed by atoms with van der Waals surface area (Å²) < 4.78 is 0. The molecule has 0 aliphatic carbocycles. The Morgan fingerprint density at radius 3 is 1.17 bits per heavy atom. The molecular formula is C37H24N4. The van der Waals surface area contributed by atoms with Crippen LogP contribution in [0.2, 0.25) is 0 Å². The third kappa shape index (κ3) is 5.45. The van der Waals surface area contributed by atoms with Gasteiger partial charge in [0, 0.05) is 29.5 Å². The van der Waals surface area contributed by atoms with Crippen molar-refractivity contribution in [3.8, 4) is 45.5 Å². The van der Waals surface area contributed by atoms with Gasteiger partial charge >= 0.3 is 0 Å². The van der Waals surface area contributed by atoms with Gasteiger partial charge in [-0.15, -0.1) is 0 Å². The summed E-state index contributed by atoms with van der Waals surface area (Å²) in [5, 5.41) is 18.6. The molecular weight excluding hydrogens is 500 g/mol. The lowest BCUT2D eigenvalue weighted by Gasteiger charge is -2.26. The highest BCUT2D eigenvalue weighted by Crippen LogP contribution is 2.37. The zero-order valence-corrected chi connectivity index (χ0v) is 22.1. The Morgan fingerprint density at radius 2 is 0.780 bits per heavy atom. The van der Waals surface area contributed by atoms with Crippen molar-refractivity contribution in [2.45, 2.75) is 0 Å². The summed E-state index contributed by atoms with van der Waals surface area (Å²) in [6.45, 7) is 0. The van der Waals surface area contributed by atoms with Crippen LogP contribution >= 0.6 is 0 Å². The monoisotopic (exact) mass is 524 g/mol. The molecule has 1 aromatic heterocycles. The lowest BCUT2D eigenvalue weighted by atomic mass is 10.0. The number of aromatic nitrogens is 1. The number of rotatable bonds is 6. The van der Waals surface area contributed by atoms with Gasteiger partial charge in [-0.1, -0.05) is 60.7 Å². The number of benzene rings is 5. The molecule has 6 aromatic rings. The average molecular weight is 525 g/mol. The second kappa shape index (κ2) is 11.4. The van der Waals surface area contributed by atoms with E-state index in [0.29, 0.717) is 11.1 Å². The van der Waals surface area contributed by atoms with Gasteiger partial charge in [-0.2, -0.15) is 10.5 Å². The van der Waals surface area contributed by atoms with Crippen molar-refractivity contribution in [3.63, 3.8) is 0 Å². The maximum absolute atomic E-state index is 9.31. The lowest BCUT2D eigenvalue weighted by Crippen LogP contribution is -2.09. The zero-order chi connectivity index (χ0) is 28.0. The van der Waals surface area contributed by atoms with Crippen molar-refractivity contribution in [1.29, 1.82) is 10.5 Å². The highest BCUT2D eigenvalue weighted by Gasteiger charge is 2.14. The first-order valence-electron chi connectivity index (χ1n) is 13.2. The summed E-state index contributed by atoms with van der Waals surface area (Å²) in [5.41, 5.74) is 10.7. The second-order valence-electron chi connectivity index (χ2n) is 9.60. The average Bonchev–Trinajstić information content (AvgIpc) is 3.06. The van der Waals surface area contributed by atoms with Crippen molar-refractivity contribution in [2.24, 2.45) is 0 Å². The molecule has 0 atom stereocenters. The molecule has 0 saturated carbocycles. The van der Waals surface area contributed by atoms with E-state index in [2.05, 4.69) is 94.8 Å². The van der Waals surface area contributed by atoms with Crippen LogP contribution in [0, 0.1) is 22.7 Å². The second-order valence-corrected chi connectivity index (χ2v) is 9.60. The van der Waals surface area contributed by atoms with Crippen LogP contribution in [0.15, 0.2) is 146 Å². The summed E-state index contributed by atoms with van der Waals surface area (Å²) in [4.78, 5) is 6.36. The molecule has 5 aromatic carbocycles. The predicted molar refractivity (Wildman–Crippen MR) is 165 cm³/mol.